The van der Waals surface area contributed by atoms with Gasteiger partial charge in [0, 0.05) is 25.3 Å². The van der Waals surface area contributed by atoms with Gasteiger partial charge < -0.3 is 14.5 Å². The molecule has 0 saturated carbocycles. The third kappa shape index (κ3) is 6.44. The van der Waals surface area contributed by atoms with Crippen molar-refractivity contribution in [2.75, 3.05) is 38.7 Å². The van der Waals surface area contributed by atoms with Crippen LogP contribution in [-0.4, -0.2) is 55.7 Å². The number of hydrogen-bond acceptors (Lipinski definition) is 3. The van der Waals surface area contributed by atoms with E-state index >= 15 is 0 Å². The molecule has 1 fully saturated rings. The first kappa shape index (κ1) is 23.1. The van der Waals surface area contributed by atoms with Gasteiger partial charge in [0.05, 0.1) is 6.61 Å². The summed E-state index contributed by atoms with van der Waals surface area (Å²) in [5.74, 6) is 1.01. The Bertz CT molecular complexity index is 831. The highest BCUT2D eigenvalue weighted by atomic mass is 19.1. The molecule has 1 heterocycles. The Morgan fingerprint density at radius 1 is 1.10 bits per heavy atom. The minimum absolute atomic E-state index is 0.0682. The molecule has 0 radical (unpaired) electrons. The molecule has 31 heavy (non-hydrogen) atoms. The highest BCUT2D eigenvalue weighted by Crippen LogP contribution is 2.26. The Balaban J connectivity index is 1.71. The van der Waals surface area contributed by atoms with E-state index in [0.717, 1.165) is 42.9 Å². The summed E-state index contributed by atoms with van der Waals surface area (Å²) < 4.78 is 19.2. The van der Waals surface area contributed by atoms with Crippen LogP contribution in [0.5, 0.6) is 5.75 Å². The van der Waals surface area contributed by atoms with Gasteiger partial charge in [0.2, 0.25) is 0 Å². The van der Waals surface area contributed by atoms with Crippen LogP contribution in [0, 0.1) is 11.7 Å². The van der Waals surface area contributed by atoms with Gasteiger partial charge in [-0.15, -0.1) is 0 Å². The lowest BCUT2D eigenvalue weighted by atomic mass is 10.0. The molecule has 0 N–H and O–H groups in total. The van der Waals surface area contributed by atoms with E-state index in [1.807, 2.05) is 36.2 Å². The predicted molar refractivity (Wildman–Crippen MR) is 123 cm³/mol. The number of carbonyl (C=O) groups excluding carboxylic acids is 1. The third-order valence-corrected chi connectivity index (χ3v) is 5.62. The SMILES string of the molecule is CC(C)COc1ccc(CN(C)C(=O)N(c2ccc(F)cc2)C2CCN(C)CC2)cc1. The van der Waals surface area contributed by atoms with E-state index in [1.165, 1.54) is 12.1 Å². The molecule has 0 atom stereocenters. The lowest BCUT2D eigenvalue weighted by Gasteiger charge is -2.39. The van der Waals surface area contributed by atoms with Crippen LogP contribution in [0.2, 0.25) is 0 Å². The highest BCUT2D eigenvalue weighted by Gasteiger charge is 2.30. The summed E-state index contributed by atoms with van der Waals surface area (Å²) in [4.78, 5) is 19.3. The summed E-state index contributed by atoms with van der Waals surface area (Å²) in [5.41, 5.74) is 1.78. The second-order valence-electron chi connectivity index (χ2n) is 8.87. The van der Waals surface area contributed by atoms with Crippen molar-refractivity contribution in [2.45, 2.75) is 39.3 Å². The molecular formula is C25H34FN3O2. The van der Waals surface area contributed by atoms with Gasteiger partial charge in [-0.25, -0.2) is 9.18 Å². The third-order valence-electron chi connectivity index (χ3n) is 5.62. The zero-order valence-electron chi connectivity index (χ0n) is 19.1. The molecular weight excluding hydrogens is 393 g/mol. The van der Waals surface area contributed by atoms with E-state index in [2.05, 4.69) is 25.8 Å². The minimum Gasteiger partial charge on any atom is -0.493 e. The standard InChI is InChI=1S/C25H34FN3O2/c1-19(2)18-31-24-11-5-20(6-12-24)17-28(4)25(30)29(22-9-7-21(26)8-10-22)23-13-15-27(3)16-14-23/h5-12,19,23H,13-18H2,1-4H3. The van der Waals surface area contributed by atoms with Crippen LogP contribution in [0.1, 0.15) is 32.3 Å². The summed E-state index contributed by atoms with van der Waals surface area (Å²) in [6.07, 6.45) is 1.80. The van der Waals surface area contributed by atoms with Crippen LogP contribution >= 0.6 is 0 Å². The molecule has 2 aromatic carbocycles. The molecule has 0 unspecified atom stereocenters. The van der Waals surface area contributed by atoms with E-state index in [-0.39, 0.29) is 17.9 Å². The maximum atomic E-state index is 13.5. The average molecular weight is 428 g/mol. The van der Waals surface area contributed by atoms with Gasteiger partial charge in [-0.1, -0.05) is 26.0 Å². The Morgan fingerprint density at radius 3 is 2.29 bits per heavy atom. The van der Waals surface area contributed by atoms with Crippen molar-refractivity contribution in [2.24, 2.45) is 5.92 Å². The van der Waals surface area contributed by atoms with Gasteiger partial charge in [-0.3, -0.25) is 4.90 Å². The van der Waals surface area contributed by atoms with Crippen molar-refractivity contribution in [3.8, 4) is 5.75 Å². The lowest BCUT2D eigenvalue weighted by Crippen LogP contribution is -2.50. The number of piperidine rings is 1. The van der Waals surface area contributed by atoms with E-state index in [0.29, 0.717) is 19.1 Å². The van der Waals surface area contributed by atoms with Gasteiger partial charge in [-0.05, 0) is 80.9 Å². The Kier molecular flexibility index (Phi) is 7.91. The van der Waals surface area contributed by atoms with Crippen molar-refractivity contribution < 1.29 is 13.9 Å². The summed E-state index contributed by atoms with van der Waals surface area (Å²) in [6, 6.07) is 14.1. The van der Waals surface area contributed by atoms with Gasteiger partial charge in [0.1, 0.15) is 11.6 Å². The second kappa shape index (κ2) is 10.6. The van der Waals surface area contributed by atoms with Crippen molar-refractivity contribution in [3.63, 3.8) is 0 Å². The zero-order valence-corrected chi connectivity index (χ0v) is 19.1. The van der Waals surface area contributed by atoms with Gasteiger partial charge in [0.25, 0.3) is 0 Å². The number of ether oxygens (including phenoxy) is 1. The van der Waals surface area contributed by atoms with Crippen LogP contribution in [0.4, 0.5) is 14.9 Å². The Hall–Kier alpha value is -2.60. The monoisotopic (exact) mass is 427 g/mol. The number of halogens is 1. The number of likely N-dealkylation sites (tertiary alicyclic amines) is 1. The van der Waals surface area contributed by atoms with E-state index in [4.69, 9.17) is 4.74 Å². The lowest BCUT2D eigenvalue weighted by molar-refractivity contribution is 0.200. The summed E-state index contributed by atoms with van der Waals surface area (Å²) in [6.45, 7) is 7.29. The maximum absolute atomic E-state index is 13.5. The number of nitrogens with zero attached hydrogens (tertiary/aromatic N) is 3. The van der Waals surface area contributed by atoms with E-state index in [9.17, 15) is 9.18 Å². The smallest absolute Gasteiger partial charge is 0.324 e. The maximum Gasteiger partial charge on any atom is 0.324 e. The van der Waals surface area contributed by atoms with Gasteiger partial charge >= 0.3 is 6.03 Å². The predicted octanol–water partition coefficient (Wildman–Crippen LogP) is 5.01. The van der Waals surface area contributed by atoms with Crippen molar-refractivity contribution in [3.05, 3.63) is 59.9 Å². The number of benzene rings is 2. The van der Waals surface area contributed by atoms with Crippen molar-refractivity contribution in [1.82, 2.24) is 9.80 Å². The number of anilines is 1. The van der Waals surface area contributed by atoms with Crippen molar-refractivity contribution in [1.29, 1.82) is 0 Å². The highest BCUT2D eigenvalue weighted by molar-refractivity contribution is 5.92. The molecule has 2 amide bonds. The van der Waals surface area contributed by atoms with Gasteiger partial charge in [-0.2, -0.15) is 0 Å². The zero-order chi connectivity index (χ0) is 22.4. The molecule has 6 heteroatoms. The number of rotatable bonds is 7. The Labute approximate surface area is 185 Å². The van der Waals surface area contributed by atoms with Crippen molar-refractivity contribution >= 4 is 11.7 Å². The molecule has 1 saturated heterocycles. The fourth-order valence-corrected chi connectivity index (χ4v) is 3.81. The molecule has 1 aliphatic heterocycles. The van der Waals surface area contributed by atoms with E-state index < -0.39 is 0 Å². The largest absolute Gasteiger partial charge is 0.493 e. The number of carbonyl (C=O) groups is 1. The summed E-state index contributed by atoms with van der Waals surface area (Å²) >= 11 is 0. The quantitative estimate of drug-likeness (QED) is 0.623. The molecule has 0 spiro atoms. The first-order valence-corrected chi connectivity index (χ1v) is 11.0. The number of hydrogen-bond donors (Lipinski definition) is 0. The molecule has 3 rings (SSSR count). The number of urea groups is 1. The molecule has 168 valence electrons. The average Bonchev–Trinajstić information content (AvgIpc) is 2.76. The first-order chi connectivity index (χ1) is 14.8. The van der Waals surface area contributed by atoms with Crippen LogP contribution in [0.3, 0.4) is 0 Å². The van der Waals surface area contributed by atoms with Crippen LogP contribution in [0.25, 0.3) is 0 Å². The summed E-state index contributed by atoms with van der Waals surface area (Å²) in [5, 5.41) is 0. The van der Waals surface area contributed by atoms with Gasteiger partial charge in [0.15, 0.2) is 0 Å². The van der Waals surface area contributed by atoms with Crippen LogP contribution in [0.15, 0.2) is 48.5 Å². The molecule has 5 nitrogen and oxygen atoms in total. The molecule has 0 aliphatic carbocycles. The van der Waals surface area contributed by atoms with Crippen LogP contribution < -0.4 is 9.64 Å². The first-order valence-electron chi connectivity index (χ1n) is 11.0. The normalized spacial score (nSPS) is 15.2. The number of amides is 2. The fourth-order valence-electron chi connectivity index (χ4n) is 3.81. The molecule has 2 aromatic rings. The summed E-state index contributed by atoms with van der Waals surface area (Å²) in [7, 11) is 3.91. The molecule has 0 aromatic heterocycles. The fraction of sp³-hybridized carbons (Fsp3) is 0.480. The van der Waals surface area contributed by atoms with E-state index in [1.54, 1.807) is 17.0 Å². The Morgan fingerprint density at radius 2 is 1.71 bits per heavy atom. The molecule has 1 aliphatic rings. The minimum atomic E-state index is -0.298. The topological polar surface area (TPSA) is 36.0 Å². The molecule has 0 bridgehead atoms. The van der Waals surface area contributed by atoms with Crippen LogP contribution in [-0.2, 0) is 6.54 Å². The second-order valence-corrected chi connectivity index (χ2v) is 8.87.